The maximum atomic E-state index is 8.11. The van der Waals surface area contributed by atoms with Gasteiger partial charge in [-0.1, -0.05) is 6.58 Å². The highest BCUT2D eigenvalue weighted by molar-refractivity contribution is 6.27. The van der Waals surface area contributed by atoms with Gasteiger partial charge in [0.05, 0.1) is 11.8 Å². The fourth-order valence-electron chi connectivity index (χ4n) is 0.281. The summed E-state index contributed by atoms with van der Waals surface area (Å²) in [5.41, 5.74) is 0. The summed E-state index contributed by atoms with van der Waals surface area (Å²) in [5, 5.41) is 8.11. The first-order valence-corrected chi connectivity index (χ1v) is 3.81. The lowest BCUT2D eigenvalue weighted by Crippen LogP contribution is -1.93. The van der Waals surface area contributed by atoms with Gasteiger partial charge in [0, 0.05) is 6.42 Å². The van der Waals surface area contributed by atoms with E-state index in [4.69, 9.17) is 9.69 Å². The monoisotopic (exact) mass is 139 g/mol. The summed E-state index contributed by atoms with van der Waals surface area (Å²) in [6.45, 7) is 5.36. The number of nitrogens with zero attached hydrogens (tertiary/aromatic N) is 1. The molecule has 0 fully saturated rings. The summed E-state index contributed by atoms with van der Waals surface area (Å²) >= 11 is 0. The summed E-state index contributed by atoms with van der Waals surface area (Å²) < 4.78 is 5.03. The fourth-order valence-corrected chi connectivity index (χ4v) is 0.843. The van der Waals surface area contributed by atoms with Crippen molar-refractivity contribution < 1.29 is 4.43 Å². The van der Waals surface area contributed by atoms with Crippen LogP contribution >= 0.6 is 0 Å². The lowest BCUT2D eigenvalue weighted by Gasteiger charge is -1.98. The lowest BCUT2D eigenvalue weighted by molar-refractivity contribution is 0.457. The van der Waals surface area contributed by atoms with Gasteiger partial charge in [0.15, 0.2) is 0 Å². The van der Waals surface area contributed by atoms with Crippen LogP contribution in [0.25, 0.3) is 0 Å². The zero-order chi connectivity index (χ0) is 7.11. The van der Waals surface area contributed by atoms with Gasteiger partial charge in [0.2, 0.25) is 0 Å². The molecule has 0 bridgehead atoms. The molecule has 9 heavy (non-hydrogen) atoms. The van der Waals surface area contributed by atoms with Crippen molar-refractivity contribution >= 4 is 9.76 Å². The normalized spacial score (nSPS) is 8.00. The molecule has 0 aliphatic rings. The van der Waals surface area contributed by atoms with Crippen molar-refractivity contribution in [2.75, 3.05) is 0 Å². The van der Waals surface area contributed by atoms with Crippen LogP contribution in [0, 0.1) is 11.3 Å². The van der Waals surface area contributed by atoms with Crippen LogP contribution < -0.4 is 0 Å². The summed E-state index contributed by atoms with van der Waals surface area (Å²) in [6.07, 6.45) is 0.575. The van der Waals surface area contributed by atoms with E-state index in [2.05, 4.69) is 6.58 Å². The van der Waals surface area contributed by atoms with Crippen molar-refractivity contribution in [1.29, 1.82) is 5.26 Å². The molecule has 48 valence electrons. The van der Waals surface area contributed by atoms with Crippen molar-refractivity contribution in [1.82, 2.24) is 0 Å². The van der Waals surface area contributed by atoms with Crippen LogP contribution in [-0.4, -0.2) is 9.76 Å². The van der Waals surface area contributed by atoms with Crippen LogP contribution in [-0.2, 0) is 4.43 Å². The van der Waals surface area contributed by atoms with E-state index in [1.54, 1.807) is 6.92 Å². The van der Waals surface area contributed by atoms with E-state index in [1.165, 1.54) is 0 Å². The van der Waals surface area contributed by atoms with Crippen molar-refractivity contribution in [2.45, 2.75) is 19.4 Å². The molecule has 0 rings (SSSR count). The Bertz CT molecular complexity index is 128. The first-order chi connectivity index (χ1) is 4.27. The topological polar surface area (TPSA) is 33.0 Å². The predicted molar refractivity (Wildman–Crippen MR) is 36.7 cm³/mol. The maximum Gasteiger partial charge on any atom is 0.311 e. The van der Waals surface area contributed by atoms with Gasteiger partial charge >= 0.3 is 9.76 Å². The largest absolute Gasteiger partial charge is 0.545 e. The third-order valence-corrected chi connectivity index (χ3v) is 1.53. The Kier molecular flexibility index (Phi) is 4.93. The van der Waals surface area contributed by atoms with Crippen LogP contribution in [0.3, 0.4) is 0 Å². The summed E-state index contributed by atoms with van der Waals surface area (Å²) in [6, 6.07) is 2.86. The van der Waals surface area contributed by atoms with Gasteiger partial charge in [0.25, 0.3) is 0 Å². The van der Waals surface area contributed by atoms with E-state index in [-0.39, 0.29) is 0 Å². The Labute approximate surface area is 58.1 Å². The molecule has 0 saturated heterocycles. The molecule has 0 unspecified atom stereocenters. The molecule has 3 heteroatoms. The third-order valence-electron chi connectivity index (χ3n) is 0.585. The number of hydrogen-bond acceptors (Lipinski definition) is 2. The Morgan fingerprint density at radius 3 is 3.00 bits per heavy atom. The second-order valence-corrected chi connectivity index (χ2v) is 2.60. The molecule has 2 nitrogen and oxygen atoms in total. The van der Waals surface area contributed by atoms with Gasteiger partial charge in [0.1, 0.15) is 0 Å². The smallest absolute Gasteiger partial charge is 0.311 e. The van der Waals surface area contributed by atoms with Crippen LogP contribution in [0.1, 0.15) is 13.3 Å². The van der Waals surface area contributed by atoms with Gasteiger partial charge in [-0.3, -0.25) is 0 Å². The van der Waals surface area contributed by atoms with Gasteiger partial charge in [-0.2, -0.15) is 5.26 Å². The summed E-state index contributed by atoms with van der Waals surface area (Å²) in [7, 11) is 0.397. The Morgan fingerprint density at radius 1 is 1.89 bits per heavy atom. The van der Waals surface area contributed by atoms with Crippen molar-refractivity contribution in [3.63, 3.8) is 0 Å². The second-order valence-electron chi connectivity index (χ2n) is 1.61. The third kappa shape index (κ3) is 7.25. The molecule has 0 aromatic carbocycles. The van der Waals surface area contributed by atoms with E-state index in [0.717, 1.165) is 11.8 Å². The van der Waals surface area contributed by atoms with Crippen LogP contribution in [0.2, 0.25) is 6.04 Å². The van der Waals surface area contributed by atoms with Gasteiger partial charge in [-0.15, -0.1) is 0 Å². The highest BCUT2D eigenvalue weighted by Crippen LogP contribution is 1.92. The molecular weight excluding hydrogens is 130 g/mol. The van der Waals surface area contributed by atoms with E-state index >= 15 is 0 Å². The molecule has 0 saturated carbocycles. The van der Waals surface area contributed by atoms with Crippen molar-refractivity contribution in [3.8, 4) is 6.07 Å². The highest BCUT2D eigenvalue weighted by atomic mass is 28.2. The summed E-state index contributed by atoms with van der Waals surface area (Å²) in [4.78, 5) is 0. The highest BCUT2D eigenvalue weighted by Gasteiger charge is 1.90. The zero-order valence-electron chi connectivity index (χ0n) is 5.48. The zero-order valence-corrected chi connectivity index (χ0v) is 6.48. The molecule has 0 aliphatic heterocycles. The molecule has 0 amide bonds. The minimum absolute atomic E-state index is 0.397. The Hall–Kier alpha value is -0.753. The molecule has 0 spiro atoms. The fraction of sp³-hybridized carbons (Fsp3) is 0.500. The first kappa shape index (κ1) is 8.25. The average molecular weight is 139 g/mol. The van der Waals surface area contributed by atoms with Crippen LogP contribution in [0.4, 0.5) is 0 Å². The Balaban J connectivity index is 2.94. The molecular formula is C6H9NOSi. The van der Waals surface area contributed by atoms with E-state index in [0.29, 0.717) is 16.2 Å². The lowest BCUT2D eigenvalue weighted by atomic mass is 10.6. The van der Waals surface area contributed by atoms with Crippen LogP contribution in [0.15, 0.2) is 12.3 Å². The Morgan fingerprint density at radius 2 is 2.56 bits per heavy atom. The molecule has 0 aromatic rings. The minimum atomic E-state index is 0.397. The number of hydrogen-bond donors (Lipinski definition) is 0. The SMILES string of the molecule is C=C(C)O[Si]CCC#N. The van der Waals surface area contributed by atoms with Crippen LogP contribution in [0.5, 0.6) is 0 Å². The predicted octanol–water partition coefficient (Wildman–Crippen LogP) is 1.49. The van der Waals surface area contributed by atoms with Crippen molar-refractivity contribution in [2.24, 2.45) is 0 Å². The van der Waals surface area contributed by atoms with Gasteiger partial charge < -0.3 is 4.43 Å². The molecule has 0 atom stereocenters. The number of allylic oxidation sites excluding steroid dienone is 1. The molecule has 0 N–H and O–H groups in total. The summed E-state index contributed by atoms with van der Waals surface area (Å²) in [5.74, 6) is 0.728. The molecule has 2 radical (unpaired) electrons. The number of nitriles is 1. The number of rotatable bonds is 4. The van der Waals surface area contributed by atoms with Gasteiger partial charge in [-0.05, 0) is 13.0 Å². The van der Waals surface area contributed by atoms with E-state index in [1.807, 2.05) is 6.07 Å². The van der Waals surface area contributed by atoms with E-state index in [9.17, 15) is 0 Å². The van der Waals surface area contributed by atoms with E-state index < -0.39 is 0 Å². The average Bonchev–Trinajstić information content (AvgIpc) is 1.80. The first-order valence-electron chi connectivity index (χ1n) is 2.69. The molecule has 0 aromatic heterocycles. The quantitative estimate of drug-likeness (QED) is 0.336. The standard InChI is InChI=1S/C6H9NOSi/c1-6(2)8-9-5-3-4-7/h1,3,5H2,2H3. The van der Waals surface area contributed by atoms with Gasteiger partial charge in [-0.25, -0.2) is 0 Å². The molecule has 0 aliphatic carbocycles. The second kappa shape index (κ2) is 5.38. The van der Waals surface area contributed by atoms with Crippen molar-refractivity contribution in [3.05, 3.63) is 12.3 Å². The minimum Gasteiger partial charge on any atom is -0.545 e. The maximum absolute atomic E-state index is 8.11. The molecule has 0 heterocycles.